The Balaban J connectivity index is 1.30. The molecule has 274 valence electrons. The highest BCUT2D eigenvalue weighted by atomic mass is 16.6. The lowest BCUT2D eigenvalue weighted by Crippen LogP contribution is -2.47. The van der Waals surface area contributed by atoms with Gasteiger partial charge in [0.2, 0.25) is 0 Å². The zero-order valence-corrected chi connectivity index (χ0v) is 29.9. The molecule has 0 spiro atoms. The highest BCUT2D eigenvalue weighted by Gasteiger charge is 2.52. The fourth-order valence-corrected chi connectivity index (χ4v) is 7.76. The molecule has 6 aromatic carbocycles. The van der Waals surface area contributed by atoms with Crippen molar-refractivity contribution < 1.29 is 19.3 Å². The third kappa shape index (κ3) is 6.77. The quantitative estimate of drug-likeness (QED) is 0.129. The number of aliphatic hydroxyl groups excluding tert-OH is 1. The van der Waals surface area contributed by atoms with E-state index in [9.17, 15) is 14.7 Å². The van der Waals surface area contributed by atoms with Gasteiger partial charge in [0.15, 0.2) is 6.23 Å². The molecule has 8 rings (SSSR count). The first-order valence-corrected chi connectivity index (χ1v) is 18.3. The number of rotatable bonds is 12. The van der Waals surface area contributed by atoms with Crippen molar-refractivity contribution in [3.63, 3.8) is 0 Å². The molecule has 0 bridgehead atoms. The lowest BCUT2D eigenvalue weighted by Gasteiger charge is -2.41. The molecule has 4 atom stereocenters. The van der Waals surface area contributed by atoms with E-state index in [4.69, 9.17) is 14.2 Å². The standard InChI is InChI=1S/C47H40N2O6/c50-41-31-32-49(45(52)48-41)44-42(51)43(55-47(37-25-13-4-14-26-37,38-27-15-5-16-28-38)39-29-17-6-18-30-39)40(54-44)33-53-46(34-19-7-1-8-20-34,35-21-9-2-10-22-35)36-23-11-3-12-24-36/h1-32,40,42-44,51H,33H2,(H,48,50,52)/t40-,42+,43-,44-/m1/s1. The summed E-state index contributed by atoms with van der Waals surface area (Å²) >= 11 is 0. The Labute approximate surface area is 318 Å². The fourth-order valence-electron chi connectivity index (χ4n) is 7.76. The number of aromatic amines is 1. The van der Waals surface area contributed by atoms with Crippen molar-refractivity contribution in [1.82, 2.24) is 9.55 Å². The maximum absolute atomic E-state index is 13.3. The highest BCUT2D eigenvalue weighted by molar-refractivity contribution is 5.49. The third-order valence-electron chi connectivity index (χ3n) is 10.3. The van der Waals surface area contributed by atoms with E-state index >= 15 is 0 Å². The van der Waals surface area contributed by atoms with Crippen LogP contribution in [-0.4, -0.2) is 39.6 Å². The Morgan fingerprint density at radius 1 is 0.545 bits per heavy atom. The molecule has 55 heavy (non-hydrogen) atoms. The number of nitrogens with zero attached hydrogens (tertiary/aromatic N) is 1. The predicted molar refractivity (Wildman–Crippen MR) is 210 cm³/mol. The minimum absolute atomic E-state index is 0.0660. The Kier molecular flexibility index (Phi) is 10.2. The van der Waals surface area contributed by atoms with Gasteiger partial charge in [0, 0.05) is 12.3 Å². The second kappa shape index (κ2) is 15.7. The zero-order chi connectivity index (χ0) is 37.7. The molecular formula is C47H40N2O6. The third-order valence-corrected chi connectivity index (χ3v) is 10.3. The molecule has 1 aromatic heterocycles. The molecule has 0 amide bonds. The number of hydrogen-bond acceptors (Lipinski definition) is 6. The van der Waals surface area contributed by atoms with Gasteiger partial charge in [0.25, 0.3) is 5.56 Å². The van der Waals surface area contributed by atoms with Gasteiger partial charge in [-0.05, 0) is 33.4 Å². The van der Waals surface area contributed by atoms with E-state index < -0.39 is 47.0 Å². The second-order valence-electron chi connectivity index (χ2n) is 13.5. The van der Waals surface area contributed by atoms with E-state index in [-0.39, 0.29) is 6.61 Å². The first-order chi connectivity index (χ1) is 27.0. The number of ether oxygens (including phenoxy) is 3. The van der Waals surface area contributed by atoms with Crippen LogP contribution in [0.4, 0.5) is 0 Å². The summed E-state index contributed by atoms with van der Waals surface area (Å²) in [5.41, 5.74) is 1.54. The van der Waals surface area contributed by atoms with E-state index in [1.165, 1.54) is 16.8 Å². The van der Waals surface area contributed by atoms with Crippen molar-refractivity contribution in [2.24, 2.45) is 0 Å². The second-order valence-corrected chi connectivity index (χ2v) is 13.5. The lowest BCUT2D eigenvalue weighted by atomic mass is 9.79. The van der Waals surface area contributed by atoms with E-state index in [2.05, 4.69) is 4.98 Å². The van der Waals surface area contributed by atoms with Crippen molar-refractivity contribution >= 4 is 0 Å². The molecular weight excluding hydrogens is 689 g/mol. The Morgan fingerprint density at radius 3 is 1.27 bits per heavy atom. The van der Waals surface area contributed by atoms with Gasteiger partial charge in [-0.2, -0.15) is 0 Å². The number of benzene rings is 6. The molecule has 0 radical (unpaired) electrons. The van der Waals surface area contributed by atoms with Crippen LogP contribution in [0.15, 0.2) is 204 Å². The van der Waals surface area contributed by atoms with Crippen molar-refractivity contribution in [3.05, 3.63) is 248 Å². The van der Waals surface area contributed by atoms with Gasteiger partial charge in [0.05, 0.1) is 6.61 Å². The minimum Gasteiger partial charge on any atom is -0.386 e. The molecule has 8 heteroatoms. The van der Waals surface area contributed by atoms with Crippen LogP contribution in [0.25, 0.3) is 0 Å². The molecule has 1 aliphatic heterocycles. The number of nitrogens with one attached hydrogen (secondary N) is 1. The van der Waals surface area contributed by atoms with Crippen LogP contribution >= 0.6 is 0 Å². The fraction of sp³-hybridized carbons (Fsp3) is 0.149. The van der Waals surface area contributed by atoms with Crippen LogP contribution in [0.2, 0.25) is 0 Å². The van der Waals surface area contributed by atoms with Gasteiger partial charge < -0.3 is 19.3 Å². The normalized spacial score (nSPS) is 18.6. The molecule has 2 N–H and O–H groups in total. The molecule has 1 aliphatic rings. The minimum atomic E-state index is -1.38. The summed E-state index contributed by atoms with van der Waals surface area (Å²) in [6.45, 7) is -0.0660. The molecule has 1 fully saturated rings. The van der Waals surface area contributed by atoms with E-state index in [1.807, 2.05) is 182 Å². The topological polar surface area (TPSA) is 103 Å². The van der Waals surface area contributed by atoms with Gasteiger partial charge >= 0.3 is 5.69 Å². The van der Waals surface area contributed by atoms with Crippen molar-refractivity contribution in [3.8, 4) is 0 Å². The van der Waals surface area contributed by atoms with E-state index in [1.54, 1.807) is 0 Å². The van der Waals surface area contributed by atoms with Gasteiger partial charge in [0.1, 0.15) is 29.5 Å². The molecule has 0 saturated carbocycles. The molecule has 1 saturated heterocycles. The summed E-state index contributed by atoms with van der Waals surface area (Å²) in [5, 5.41) is 12.4. The van der Waals surface area contributed by atoms with Crippen LogP contribution in [-0.2, 0) is 25.4 Å². The van der Waals surface area contributed by atoms with Crippen LogP contribution in [0.1, 0.15) is 39.6 Å². The SMILES string of the molecule is O=c1ccn([C@@H]2O[C@H](COC(c3ccccc3)(c3ccccc3)c3ccccc3)[C@@H](OC(c3ccccc3)(c3ccccc3)c3ccccc3)[C@@H]2O)c(=O)[nH]1. The van der Waals surface area contributed by atoms with Crippen molar-refractivity contribution in [2.45, 2.75) is 35.7 Å². The summed E-state index contributed by atoms with van der Waals surface area (Å²) in [7, 11) is 0. The van der Waals surface area contributed by atoms with Crippen LogP contribution < -0.4 is 11.2 Å². The number of aliphatic hydroxyl groups is 1. The largest absolute Gasteiger partial charge is 0.386 e. The van der Waals surface area contributed by atoms with Gasteiger partial charge in [-0.1, -0.05) is 182 Å². The monoisotopic (exact) mass is 728 g/mol. The van der Waals surface area contributed by atoms with Crippen LogP contribution in [0.3, 0.4) is 0 Å². The van der Waals surface area contributed by atoms with Gasteiger partial charge in [-0.3, -0.25) is 14.3 Å². The van der Waals surface area contributed by atoms with Crippen LogP contribution in [0, 0.1) is 0 Å². The maximum atomic E-state index is 13.3. The predicted octanol–water partition coefficient (Wildman–Crippen LogP) is 7.18. The Bertz CT molecular complexity index is 2210. The summed E-state index contributed by atoms with van der Waals surface area (Å²) < 4.78 is 22.6. The van der Waals surface area contributed by atoms with Crippen molar-refractivity contribution in [1.29, 1.82) is 0 Å². The lowest BCUT2D eigenvalue weighted by molar-refractivity contribution is -0.131. The molecule has 8 nitrogen and oxygen atoms in total. The Morgan fingerprint density at radius 2 is 0.909 bits per heavy atom. The van der Waals surface area contributed by atoms with Gasteiger partial charge in [-0.25, -0.2) is 4.79 Å². The van der Waals surface area contributed by atoms with E-state index in [0.717, 1.165) is 33.4 Å². The molecule has 0 aliphatic carbocycles. The molecule has 2 heterocycles. The summed E-state index contributed by atoms with van der Waals surface area (Å²) in [5.74, 6) is 0. The smallest absolute Gasteiger partial charge is 0.330 e. The molecule has 0 unspecified atom stereocenters. The summed E-state index contributed by atoms with van der Waals surface area (Å²) in [4.78, 5) is 27.7. The summed E-state index contributed by atoms with van der Waals surface area (Å²) in [6, 6.07) is 60.8. The van der Waals surface area contributed by atoms with Gasteiger partial charge in [-0.15, -0.1) is 0 Å². The average molecular weight is 729 g/mol. The highest BCUT2D eigenvalue weighted by Crippen LogP contribution is 2.46. The Hall–Kier alpha value is -6.16. The first kappa shape index (κ1) is 35.8. The number of H-pyrrole nitrogens is 1. The number of hydrogen-bond donors (Lipinski definition) is 2. The van der Waals surface area contributed by atoms with E-state index in [0.29, 0.717) is 0 Å². The first-order valence-electron chi connectivity index (χ1n) is 18.3. The maximum Gasteiger partial charge on any atom is 0.330 e. The number of aromatic nitrogens is 2. The van der Waals surface area contributed by atoms with Crippen LogP contribution in [0.5, 0.6) is 0 Å². The average Bonchev–Trinajstić information content (AvgIpc) is 3.55. The molecule has 7 aromatic rings. The zero-order valence-electron chi connectivity index (χ0n) is 29.9. The van der Waals surface area contributed by atoms with Crippen molar-refractivity contribution in [2.75, 3.05) is 6.61 Å². The summed E-state index contributed by atoms with van der Waals surface area (Å²) in [6.07, 6.45) is -3.26.